The van der Waals surface area contributed by atoms with Crippen molar-refractivity contribution in [1.82, 2.24) is 0 Å². The van der Waals surface area contributed by atoms with Gasteiger partial charge in [-0.3, -0.25) is 37.3 Å². The zero-order valence-electron chi connectivity index (χ0n) is 61.6. The summed E-state index contributed by atoms with van der Waals surface area (Å²) in [5, 5.41) is 10.6. The van der Waals surface area contributed by atoms with Gasteiger partial charge in [0.15, 0.2) is 12.2 Å². The first kappa shape index (κ1) is 92.1. The minimum Gasteiger partial charge on any atom is -0.462 e. The predicted octanol–water partition coefficient (Wildman–Crippen LogP) is 21.7. The second-order valence-electron chi connectivity index (χ2n) is 28.7. The lowest BCUT2D eigenvalue weighted by Gasteiger charge is -2.21. The maximum atomic E-state index is 13.1. The van der Waals surface area contributed by atoms with E-state index in [1.54, 1.807) is 0 Å². The van der Waals surface area contributed by atoms with Gasteiger partial charge >= 0.3 is 39.5 Å². The summed E-state index contributed by atoms with van der Waals surface area (Å²) in [6.45, 7) is 14.2. The second-order valence-corrected chi connectivity index (χ2v) is 31.6. The molecule has 94 heavy (non-hydrogen) atoms. The molecular weight excluding hydrogens is 1230 g/mol. The van der Waals surface area contributed by atoms with Crippen LogP contribution >= 0.6 is 15.6 Å². The molecule has 0 spiro atoms. The highest BCUT2D eigenvalue weighted by molar-refractivity contribution is 7.47. The summed E-state index contributed by atoms with van der Waals surface area (Å²) in [4.78, 5) is 72.8. The molecule has 0 aliphatic carbocycles. The number of phosphoric ester groups is 2. The molecule has 6 atom stereocenters. The van der Waals surface area contributed by atoms with Crippen molar-refractivity contribution in [2.24, 2.45) is 23.7 Å². The van der Waals surface area contributed by atoms with Crippen molar-refractivity contribution < 1.29 is 80.2 Å². The fraction of sp³-hybridized carbons (Fsp3) is 0.947. The maximum absolute atomic E-state index is 13.1. The molecule has 0 radical (unpaired) electrons. The molecule has 0 amide bonds. The third-order valence-corrected chi connectivity index (χ3v) is 19.6. The lowest BCUT2D eigenvalue weighted by atomic mass is 9.99. The molecule has 0 rings (SSSR count). The van der Waals surface area contributed by atoms with Crippen molar-refractivity contribution in [2.75, 3.05) is 39.6 Å². The van der Waals surface area contributed by atoms with Gasteiger partial charge < -0.3 is 33.8 Å². The number of hydrogen-bond donors (Lipinski definition) is 3. The number of aliphatic hydroxyl groups is 1. The Balaban J connectivity index is 5.24. The number of unbranched alkanes of at least 4 members (excludes halogenated alkanes) is 37. The van der Waals surface area contributed by atoms with E-state index in [0.29, 0.717) is 31.6 Å². The molecule has 0 aromatic heterocycles. The van der Waals surface area contributed by atoms with Crippen LogP contribution in [0.5, 0.6) is 0 Å². The number of carbonyl (C=O) groups is 4. The first-order valence-electron chi connectivity index (χ1n) is 38.7. The second kappa shape index (κ2) is 64.4. The quantitative estimate of drug-likeness (QED) is 0.0222. The van der Waals surface area contributed by atoms with E-state index in [-0.39, 0.29) is 25.7 Å². The summed E-state index contributed by atoms with van der Waals surface area (Å²) in [7, 11) is -9.91. The zero-order valence-corrected chi connectivity index (χ0v) is 63.4. The van der Waals surface area contributed by atoms with Crippen LogP contribution < -0.4 is 0 Å². The van der Waals surface area contributed by atoms with Crippen LogP contribution in [0.2, 0.25) is 0 Å². The third-order valence-electron chi connectivity index (χ3n) is 17.7. The molecule has 0 aliphatic rings. The largest absolute Gasteiger partial charge is 0.472 e. The van der Waals surface area contributed by atoms with Gasteiger partial charge in [-0.15, -0.1) is 0 Å². The Morgan fingerprint density at radius 1 is 0.298 bits per heavy atom. The van der Waals surface area contributed by atoms with Gasteiger partial charge in [0.2, 0.25) is 0 Å². The molecule has 17 nitrogen and oxygen atoms in total. The van der Waals surface area contributed by atoms with Gasteiger partial charge in [0, 0.05) is 25.7 Å². The van der Waals surface area contributed by atoms with Crippen LogP contribution in [0.25, 0.3) is 0 Å². The molecule has 0 aromatic rings. The highest BCUT2D eigenvalue weighted by atomic mass is 31.2. The molecule has 0 saturated carbocycles. The van der Waals surface area contributed by atoms with Crippen molar-refractivity contribution in [2.45, 2.75) is 395 Å². The molecule has 4 unspecified atom stereocenters. The van der Waals surface area contributed by atoms with Crippen LogP contribution in [0, 0.1) is 23.7 Å². The fourth-order valence-electron chi connectivity index (χ4n) is 11.3. The monoisotopic (exact) mass is 1380 g/mol. The Morgan fingerprint density at radius 3 is 0.755 bits per heavy atom. The number of rotatable bonds is 72. The van der Waals surface area contributed by atoms with E-state index in [4.69, 9.17) is 37.0 Å². The normalized spacial score (nSPS) is 14.4. The molecule has 19 heteroatoms. The average molecular weight is 1380 g/mol. The van der Waals surface area contributed by atoms with Gasteiger partial charge in [-0.1, -0.05) is 325 Å². The van der Waals surface area contributed by atoms with Gasteiger partial charge in [0.1, 0.15) is 19.3 Å². The minimum absolute atomic E-state index is 0.104. The summed E-state index contributed by atoms with van der Waals surface area (Å²) < 4.78 is 68.5. The fourth-order valence-corrected chi connectivity index (χ4v) is 12.9. The van der Waals surface area contributed by atoms with Crippen molar-refractivity contribution in [3.63, 3.8) is 0 Å². The first-order chi connectivity index (χ1) is 45.1. The number of hydrogen-bond acceptors (Lipinski definition) is 15. The topological polar surface area (TPSA) is 237 Å². The van der Waals surface area contributed by atoms with Crippen LogP contribution in [-0.4, -0.2) is 96.7 Å². The van der Waals surface area contributed by atoms with Crippen LogP contribution in [0.4, 0.5) is 0 Å². The molecule has 0 aliphatic heterocycles. The molecule has 558 valence electrons. The minimum atomic E-state index is -4.96. The first-order valence-corrected chi connectivity index (χ1v) is 41.7. The molecular formula is C75H146O17P2. The Morgan fingerprint density at radius 2 is 0.511 bits per heavy atom. The van der Waals surface area contributed by atoms with Crippen LogP contribution in [-0.2, 0) is 65.4 Å². The van der Waals surface area contributed by atoms with E-state index in [0.717, 1.165) is 114 Å². The molecule has 0 heterocycles. The highest BCUT2D eigenvalue weighted by Gasteiger charge is 2.30. The standard InChI is InChI=1S/C75H146O17P2/c1-9-68(8)54-46-38-30-24-25-33-42-50-58-75(80)92-71(62-86-73(78)56-48-40-34-26-29-37-45-53-67(6)7)64-90-94(83,84)88-60-69(76)59-87-93(81,82)89-63-70(91-74(79)57-49-41-32-23-19-15-17-21-28-36-44-52-66(4)5)61-85-72(77)55-47-39-31-22-18-14-12-10-11-13-16-20-27-35-43-51-65(2)3/h65-71,76H,9-64H2,1-8H3,(H,81,82)(H,83,84)/t68?,69?,70-,71-/m1/s1. The number of carbonyl (C=O) groups excluding carboxylic acids is 4. The summed E-state index contributed by atoms with van der Waals surface area (Å²) in [5.41, 5.74) is 0. The van der Waals surface area contributed by atoms with E-state index in [2.05, 4.69) is 55.4 Å². The number of esters is 4. The number of aliphatic hydroxyl groups excluding tert-OH is 1. The number of ether oxygens (including phenoxy) is 4. The molecule has 0 bridgehead atoms. The summed E-state index contributed by atoms with van der Waals surface area (Å²) in [6.07, 6.45) is 48.6. The van der Waals surface area contributed by atoms with Gasteiger partial charge in [0.25, 0.3) is 0 Å². The lowest BCUT2D eigenvalue weighted by Crippen LogP contribution is -2.30. The highest BCUT2D eigenvalue weighted by Crippen LogP contribution is 2.45. The summed E-state index contributed by atoms with van der Waals surface area (Å²) in [5.74, 6) is 0.922. The Labute approximate surface area is 575 Å². The summed E-state index contributed by atoms with van der Waals surface area (Å²) in [6, 6.07) is 0. The summed E-state index contributed by atoms with van der Waals surface area (Å²) >= 11 is 0. The molecule has 0 aromatic carbocycles. The maximum Gasteiger partial charge on any atom is 0.472 e. The van der Waals surface area contributed by atoms with Crippen molar-refractivity contribution in [1.29, 1.82) is 0 Å². The predicted molar refractivity (Wildman–Crippen MR) is 381 cm³/mol. The number of phosphoric acid groups is 2. The average Bonchev–Trinajstić information content (AvgIpc) is 1.37. The van der Waals surface area contributed by atoms with E-state index in [1.807, 2.05) is 0 Å². The van der Waals surface area contributed by atoms with Crippen LogP contribution in [0.1, 0.15) is 376 Å². The van der Waals surface area contributed by atoms with Crippen molar-refractivity contribution in [3.05, 3.63) is 0 Å². The van der Waals surface area contributed by atoms with Gasteiger partial charge in [-0.2, -0.15) is 0 Å². The van der Waals surface area contributed by atoms with E-state index in [9.17, 15) is 43.2 Å². The molecule has 0 saturated heterocycles. The van der Waals surface area contributed by atoms with E-state index < -0.39 is 97.5 Å². The Hall–Kier alpha value is -1.94. The van der Waals surface area contributed by atoms with E-state index >= 15 is 0 Å². The van der Waals surface area contributed by atoms with Gasteiger partial charge in [-0.05, 0) is 49.4 Å². The Kier molecular flexibility index (Phi) is 63.1. The SMILES string of the molecule is CCC(C)CCCCCCCCCCC(=O)O[C@H](COC(=O)CCCCCCCCCC(C)C)COP(=O)(O)OCC(O)COP(=O)(O)OC[C@@H](COC(=O)CCCCCCCCCCCCCCCCCC(C)C)OC(=O)CCCCCCCCCCCCCC(C)C. The van der Waals surface area contributed by atoms with E-state index in [1.165, 1.54) is 173 Å². The molecule has 0 fully saturated rings. The third kappa shape index (κ3) is 67.3. The van der Waals surface area contributed by atoms with Gasteiger partial charge in [0.05, 0.1) is 26.4 Å². The van der Waals surface area contributed by atoms with Crippen LogP contribution in [0.3, 0.4) is 0 Å². The lowest BCUT2D eigenvalue weighted by molar-refractivity contribution is -0.161. The smallest absolute Gasteiger partial charge is 0.462 e. The van der Waals surface area contributed by atoms with Crippen molar-refractivity contribution >= 4 is 39.5 Å². The Bertz CT molecular complexity index is 1850. The van der Waals surface area contributed by atoms with Gasteiger partial charge in [-0.25, -0.2) is 9.13 Å². The van der Waals surface area contributed by atoms with Crippen molar-refractivity contribution in [3.8, 4) is 0 Å². The van der Waals surface area contributed by atoms with Crippen LogP contribution in [0.15, 0.2) is 0 Å². The zero-order chi connectivity index (χ0) is 69.6. The molecule has 3 N–H and O–H groups in total.